The Kier molecular flexibility index (Phi) is 2.82. The van der Waals surface area contributed by atoms with E-state index in [0.29, 0.717) is 5.56 Å². The second kappa shape index (κ2) is 4.54. The average Bonchev–Trinajstić information content (AvgIpc) is 2.99. The van der Waals surface area contributed by atoms with Crippen molar-refractivity contribution in [2.45, 2.75) is 24.9 Å². The van der Waals surface area contributed by atoms with Gasteiger partial charge in [0.1, 0.15) is 0 Å². The first-order valence-electron chi connectivity index (χ1n) is 7.68. The number of benzene rings is 1. The number of amidine groups is 1. The van der Waals surface area contributed by atoms with Crippen LogP contribution in [-0.2, 0) is 9.47 Å². The number of ether oxygens (including phenoxy) is 2. The molecule has 1 saturated heterocycles. The van der Waals surface area contributed by atoms with Gasteiger partial charge >= 0.3 is 5.91 Å². The summed E-state index contributed by atoms with van der Waals surface area (Å²) in [5, 5.41) is 30.7. The Balaban J connectivity index is 1.85. The Hall–Kier alpha value is -3.01. The van der Waals surface area contributed by atoms with Crippen LogP contribution >= 0.6 is 0 Å². The number of non-ortho nitro benzene ring substituents is 1. The van der Waals surface area contributed by atoms with Gasteiger partial charge in [-0.1, -0.05) is 12.1 Å². The van der Waals surface area contributed by atoms with E-state index in [1.54, 1.807) is 19.1 Å². The fraction of sp³-hybridized carbons (Fsp3) is 0.438. The van der Waals surface area contributed by atoms with Gasteiger partial charge in [-0.15, -0.1) is 0 Å². The molecule has 4 rings (SSSR count). The number of nitro groups is 1. The molecule has 126 valence electrons. The van der Waals surface area contributed by atoms with Crippen molar-refractivity contribution in [3.8, 4) is 12.1 Å². The van der Waals surface area contributed by atoms with Gasteiger partial charge in [0.05, 0.1) is 29.8 Å². The van der Waals surface area contributed by atoms with Crippen molar-refractivity contribution in [3.63, 3.8) is 0 Å². The maximum absolute atomic E-state index is 10.9. The molecule has 2 fully saturated rings. The van der Waals surface area contributed by atoms with E-state index in [1.807, 2.05) is 0 Å². The molecule has 0 bridgehead atoms. The molecule has 0 aromatic heterocycles. The number of nitrogens with zero attached hydrogens (tertiary/aromatic N) is 3. The molecule has 25 heavy (non-hydrogen) atoms. The monoisotopic (exact) mass is 340 g/mol. The van der Waals surface area contributed by atoms with E-state index in [4.69, 9.17) is 15.2 Å². The van der Waals surface area contributed by atoms with Gasteiger partial charge in [0.2, 0.25) is 0 Å². The van der Waals surface area contributed by atoms with Crippen molar-refractivity contribution in [2.24, 2.45) is 16.6 Å². The molecular weight excluding hydrogens is 326 g/mol. The van der Waals surface area contributed by atoms with E-state index >= 15 is 0 Å². The number of rotatable bonds is 2. The van der Waals surface area contributed by atoms with E-state index in [1.165, 1.54) is 12.1 Å². The Labute approximate surface area is 142 Å². The SMILES string of the molecule is C[C@@H]1CO[C@]2([NH+]=C(N)[C@@]3(C#N)[C@@H](c4ccc([N+](=O)[O-])cc4)[C@@]23C#N)O1. The van der Waals surface area contributed by atoms with Crippen LogP contribution in [0.5, 0.6) is 0 Å². The number of fused-ring (bicyclic) bond motifs is 2. The van der Waals surface area contributed by atoms with Gasteiger partial charge in [-0.25, -0.2) is 4.99 Å². The third-order valence-electron chi connectivity index (χ3n) is 5.33. The van der Waals surface area contributed by atoms with Gasteiger partial charge in [-0.05, 0) is 12.5 Å². The van der Waals surface area contributed by atoms with Crippen LogP contribution in [0.4, 0.5) is 5.69 Å². The highest BCUT2D eigenvalue weighted by Gasteiger charge is 2.97. The third kappa shape index (κ3) is 1.50. The van der Waals surface area contributed by atoms with Crippen molar-refractivity contribution in [1.29, 1.82) is 10.5 Å². The molecule has 1 aliphatic carbocycles. The molecule has 2 heterocycles. The Morgan fingerprint density at radius 3 is 2.52 bits per heavy atom. The molecule has 3 aliphatic rings. The highest BCUT2D eigenvalue weighted by Crippen LogP contribution is 2.79. The highest BCUT2D eigenvalue weighted by molar-refractivity contribution is 5.95. The van der Waals surface area contributed by atoms with Gasteiger partial charge in [0, 0.05) is 18.1 Å². The van der Waals surface area contributed by atoms with Gasteiger partial charge in [0.25, 0.3) is 11.5 Å². The standard InChI is InChI=1S/C16H13N5O4/c1-9-6-24-16(25-9)15(8-18)12(14(15,7-17)13(19)20-16)10-2-4-11(5-3-10)21(22)23/h2-5,9,12H,6H2,1H3,(H2,19,20)/p+1/t9-,12-,14-,15-,16+/m1/s1. The predicted molar refractivity (Wildman–Crippen MR) is 81.3 cm³/mol. The normalized spacial score (nSPS) is 40.8. The second-order valence-corrected chi connectivity index (χ2v) is 6.52. The molecule has 0 unspecified atom stereocenters. The van der Waals surface area contributed by atoms with Crippen molar-refractivity contribution in [2.75, 3.05) is 6.61 Å². The van der Waals surface area contributed by atoms with Crippen LogP contribution in [0.3, 0.4) is 0 Å². The average molecular weight is 340 g/mol. The maximum atomic E-state index is 10.9. The zero-order chi connectivity index (χ0) is 18.0. The van der Waals surface area contributed by atoms with Gasteiger partial charge in [0.15, 0.2) is 10.8 Å². The lowest BCUT2D eigenvalue weighted by atomic mass is 9.94. The van der Waals surface area contributed by atoms with Crippen LogP contribution in [-0.4, -0.2) is 29.4 Å². The minimum absolute atomic E-state index is 0.0710. The van der Waals surface area contributed by atoms with Crippen molar-refractivity contribution in [3.05, 3.63) is 39.9 Å². The summed E-state index contributed by atoms with van der Waals surface area (Å²) >= 11 is 0. The molecule has 0 radical (unpaired) electrons. The van der Waals surface area contributed by atoms with E-state index in [2.05, 4.69) is 17.1 Å². The molecule has 5 atom stereocenters. The molecule has 2 aliphatic heterocycles. The Morgan fingerprint density at radius 2 is 2.04 bits per heavy atom. The van der Waals surface area contributed by atoms with E-state index < -0.39 is 27.6 Å². The molecule has 9 heteroatoms. The lowest BCUT2D eigenvalue weighted by Crippen LogP contribution is -2.90. The fourth-order valence-electron chi connectivity index (χ4n) is 4.25. The highest BCUT2D eigenvalue weighted by atomic mass is 16.8. The van der Waals surface area contributed by atoms with Crippen LogP contribution in [0.2, 0.25) is 0 Å². The van der Waals surface area contributed by atoms with Crippen LogP contribution in [0.15, 0.2) is 24.3 Å². The summed E-state index contributed by atoms with van der Waals surface area (Å²) in [5.41, 5.74) is 3.95. The van der Waals surface area contributed by atoms with Crippen molar-refractivity contribution < 1.29 is 19.4 Å². The summed E-state index contributed by atoms with van der Waals surface area (Å²) in [7, 11) is 0. The molecule has 0 amide bonds. The lowest BCUT2D eigenvalue weighted by molar-refractivity contribution is -0.677. The zero-order valence-corrected chi connectivity index (χ0v) is 13.2. The quantitative estimate of drug-likeness (QED) is 0.531. The number of hydrogen-bond acceptors (Lipinski definition) is 7. The molecule has 1 spiro atoms. The minimum atomic E-state index is -1.49. The molecule has 1 aromatic carbocycles. The molecule has 9 nitrogen and oxygen atoms in total. The van der Waals surface area contributed by atoms with Crippen molar-refractivity contribution >= 4 is 11.5 Å². The van der Waals surface area contributed by atoms with Crippen molar-refractivity contribution in [1.82, 2.24) is 0 Å². The van der Waals surface area contributed by atoms with Crippen LogP contribution in [0.1, 0.15) is 18.4 Å². The summed E-state index contributed by atoms with van der Waals surface area (Å²) in [6, 6.07) is 10.1. The molecule has 1 aromatic rings. The topological polar surface area (TPSA) is 149 Å². The minimum Gasteiger partial charge on any atom is -0.311 e. The largest absolute Gasteiger partial charge is 0.343 e. The van der Waals surface area contributed by atoms with Crippen LogP contribution in [0.25, 0.3) is 0 Å². The first kappa shape index (κ1) is 15.5. The Morgan fingerprint density at radius 1 is 1.36 bits per heavy atom. The van der Waals surface area contributed by atoms with Gasteiger partial charge in [-0.2, -0.15) is 10.5 Å². The first-order chi connectivity index (χ1) is 11.9. The summed E-state index contributed by atoms with van der Waals surface area (Å²) < 4.78 is 11.6. The molecular formula is C16H14N5O4+. The first-order valence-corrected chi connectivity index (χ1v) is 7.68. The van der Waals surface area contributed by atoms with Crippen LogP contribution in [0, 0.1) is 43.6 Å². The Bertz CT molecular complexity index is 901. The zero-order valence-electron chi connectivity index (χ0n) is 13.2. The second-order valence-electron chi connectivity index (χ2n) is 6.52. The summed E-state index contributed by atoms with van der Waals surface area (Å²) in [6.45, 7) is 2.06. The summed E-state index contributed by atoms with van der Waals surface area (Å²) in [4.78, 5) is 13.2. The van der Waals surface area contributed by atoms with Gasteiger partial charge < -0.3 is 9.47 Å². The van der Waals surface area contributed by atoms with Crippen LogP contribution < -0.4 is 10.7 Å². The number of nitrogens with one attached hydrogen (secondary N) is 1. The van der Waals surface area contributed by atoms with E-state index in [9.17, 15) is 20.6 Å². The fourth-order valence-corrected chi connectivity index (χ4v) is 4.25. The maximum Gasteiger partial charge on any atom is 0.343 e. The summed E-state index contributed by atoms with van der Waals surface area (Å²) in [6.07, 6.45) is -0.266. The number of nitrogens with two attached hydrogens (primary N) is 1. The smallest absolute Gasteiger partial charge is 0.311 e. The van der Waals surface area contributed by atoms with E-state index in [-0.39, 0.29) is 24.2 Å². The number of hydrogen-bond donors (Lipinski definition) is 2. The summed E-state index contributed by atoms with van der Waals surface area (Å²) in [5.74, 6) is -1.98. The lowest BCUT2D eigenvalue weighted by Gasteiger charge is -2.23. The number of nitro benzene ring substituents is 1. The third-order valence-corrected chi connectivity index (χ3v) is 5.33. The van der Waals surface area contributed by atoms with E-state index in [0.717, 1.165) is 0 Å². The molecule has 3 N–H and O–H groups in total. The molecule has 1 saturated carbocycles. The van der Waals surface area contributed by atoms with Gasteiger partial charge in [-0.3, -0.25) is 15.8 Å². The number of nitriles is 2. The predicted octanol–water partition coefficient (Wildman–Crippen LogP) is -0.748.